The molecule has 0 radical (unpaired) electrons. The van der Waals surface area contributed by atoms with Crippen LogP contribution in [0.1, 0.15) is 35.2 Å². The van der Waals surface area contributed by atoms with Crippen LogP contribution in [0.3, 0.4) is 0 Å². The number of ether oxygens (including phenoxy) is 2. The molecule has 118 valence electrons. The zero-order valence-corrected chi connectivity index (χ0v) is 12.8. The smallest absolute Gasteiger partial charge is 0.341 e. The Balaban J connectivity index is 1.99. The van der Waals surface area contributed by atoms with Crippen LogP contribution in [0.25, 0.3) is 0 Å². The maximum atomic E-state index is 11.9. The van der Waals surface area contributed by atoms with E-state index in [-0.39, 0.29) is 23.6 Å². The van der Waals surface area contributed by atoms with E-state index in [9.17, 15) is 14.4 Å². The van der Waals surface area contributed by atoms with E-state index >= 15 is 0 Å². The molecule has 0 aromatic heterocycles. The lowest BCUT2D eigenvalue weighted by atomic mass is 10.1. The van der Waals surface area contributed by atoms with E-state index in [0.717, 1.165) is 12.0 Å². The number of likely N-dealkylation sites (tertiary alicyclic amines) is 1. The van der Waals surface area contributed by atoms with Gasteiger partial charge in [0, 0.05) is 19.5 Å². The maximum Gasteiger partial charge on any atom is 0.341 e. The highest BCUT2D eigenvalue weighted by Crippen LogP contribution is 2.21. The first-order chi connectivity index (χ1) is 10.5. The lowest BCUT2D eigenvalue weighted by Crippen LogP contribution is -2.28. The molecule has 1 aromatic carbocycles. The number of methoxy groups -OCH3 is 1. The minimum atomic E-state index is -0.554. The standard InChI is InChI=1S/C16H19NO5/c1-11-5-6-13(12(10-11)16(20)21-2)22-15(19)7-9-17-8-3-4-14(17)18/h5-6,10H,3-4,7-9H2,1-2H3. The van der Waals surface area contributed by atoms with Gasteiger partial charge in [-0.2, -0.15) is 0 Å². The van der Waals surface area contributed by atoms with Crippen LogP contribution in [0.5, 0.6) is 5.75 Å². The van der Waals surface area contributed by atoms with Crippen molar-refractivity contribution in [1.82, 2.24) is 4.90 Å². The average molecular weight is 305 g/mol. The lowest BCUT2D eigenvalue weighted by Gasteiger charge is -2.15. The highest BCUT2D eigenvalue weighted by molar-refractivity contribution is 5.93. The maximum absolute atomic E-state index is 11.9. The Morgan fingerprint density at radius 1 is 1.32 bits per heavy atom. The molecule has 6 nitrogen and oxygen atoms in total. The van der Waals surface area contributed by atoms with Crippen molar-refractivity contribution in [2.45, 2.75) is 26.2 Å². The number of benzene rings is 1. The van der Waals surface area contributed by atoms with Crippen molar-refractivity contribution in [2.24, 2.45) is 0 Å². The first-order valence-electron chi connectivity index (χ1n) is 7.18. The molecule has 1 aliphatic heterocycles. The molecule has 0 N–H and O–H groups in total. The Kier molecular flexibility index (Phi) is 5.14. The van der Waals surface area contributed by atoms with Gasteiger partial charge in [0.25, 0.3) is 0 Å². The minimum absolute atomic E-state index is 0.0679. The van der Waals surface area contributed by atoms with Gasteiger partial charge in [-0.1, -0.05) is 6.07 Å². The second-order valence-electron chi connectivity index (χ2n) is 5.20. The van der Waals surface area contributed by atoms with Crippen molar-refractivity contribution in [2.75, 3.05) is 20.2 Å². The molecule has 22 heavy (non-hydrogen) atoms. The number of carbonyl (C=O) groups excluding carboxylic acids is 3. The molecule has 0 spiro atoms. The molecule has 6 heteroatoms. The molecular formula is C16H19NO5. The molecule has 1 heterocycles. The third kappa shape index (κ3) is 3.84. The number of carbonyl (C=O) groups is 3. The summed E-state index contributed by atoms with van der Waals surface area (Å²) in [6.45, 7) is 2.86. The zero-order valence-electron chi connectivity index (χ0n) is 12.8. The fraction of sp³-hybridized carbons (Fsp3) is 0.438. The van der Waals surface area contributed by atoms with E-state index in [4.69, 9.17) is 4.74 Å². The monoisotopic (exact) mass is 305 g/mol. The molecule has 0 atom stereocenters. The summed E-state index contributed by atoms with van der Waals surface area (Å²) in [7, 11) is 1.27. The molecular weight excluding hydrogens is 286 g/mol. The minimum Gasteiger partial charge on any atom is -0.465 e. The van der Waals surface area contributed by atoms with E-state index in [1.54, 1.807) is 23.1 Å². The normalized spacial score (nSPS) is 14.1. The second kappa shape index (κ2) is 7.06. The van der Waals surface area contributed by atoms with Gasteiger partial charge in [0.2, 0.25) is 5.91 Å². The van der Waals surface area contributed by atoms with E-state index in [1.807, 2.05) is 6.92 Å². The third-order valence-corrected chi connectivity index (χ3v) is 3.52. The fourth-order valence-electron chi connectivity index (χ4n) is 2.34. The van der Waals surface area contributed by atoms with Gasteiger partial charge in [0.1, 0.15) is 11.3 Å². The van der Waals surface area contributed by atoms with Gasteiger partial charge in [-0.05, 0) is 31.0 Å². The van der Waals surface area contributed by atoms with Gasteiger partial charge >= 0.3 is 11.9 Å². The molecule has 1 amide bonds. The van der Waals surface area contributed by atoms with Crippen LogP contribution < -0.4 is 4.74 Å². The summed E-state index contributed by atoms with van der Waals surface area (Å²) < 4.78 is 9.93. The number of aryl methyl sites for hydroxylation is 1. The van der Waals surface area contributed by atoms with E-state index < -0.39 is 11.9 Å². The topological polar surface area (TPSA) is 72.9 Å². The highest BCUT2D eigenvalue weighted by atomic mass is 16.5. The summed E-state index contributed by atoms with van der Waals surface area (Å²) >= 11 is 0. The number of hydrogen-bond donors (Lipinski definition) is 0. The Hall–Kier alpha value is -2.37. The fourth-order valence-corrected chi connectivity index (χ4v) is 2.34. The van der Waals surface area contributed by atoms with Gasteiger partial charge < -0.3 is 14.4 Å². The summed E-state index contributed by atoms with van der Waals surface area (Å²) in [5, 5.41) is 0. The van der Waals surface area contributed by atoms with Gasteiger partial charge in [0.05, 0.1) is 13.5 Å². The lowest BCUT2D eigenvalue weighted by molar-refractivity contribution is -0.135. The highest BCUT2D eigenvalue weighted by Gasteiger charge is 2.22. The van der Waals surface area contributed by atoms with Crippen molar-refractivity contribution in [3.05, 3.63) is 29.3 Å². The first-order valence-corrected chi connectivity index (χ1v) is 7.18. The van der Waals surface area contributed by atoms with Crippen LogP contribution in [0, 0.1) is 6.92 Å². The molecule has 0 unspecified atom stereocenters. The summed E-state index contributed by atoms with van der Waals surface area (Å²) in [5.41, 5.74) is 1.08. The molecule has 0 saturated carbocycles. The number of esters is 2. The quantitative estimate of drug-likeness (QED) is 0.611. The Morgan fingerprint density at radius 3 is 2.73 bits per heavy atom. The van der Waals surface area contributed by atoms with E-state index in [1.165, 1.54) is 7.11 Å². The number of rotatable bonds is 5. The molecule has 1 saturated heterocycles. The van der Waals surface area contributed by atoms with Gasteiger partial charge in [-0.25, -0.2) is 4.79 Å². The predicted molar refractivity (Wildman–Crippen MR) is 78.6 cm³/mol. The van der Waals surface area contributed by atoms with Crippen LogP contribution in [-0.2, 0) is 14.3 Å². The van der Waals surface area contributed by atoms with Crippen molar-refractivity contribution >= 4 is 17.8 Å². The predicted octanol–water partition coefficient (Wildman–Crippen LogP) is 1.70. The van der Waals surface area contributed by atoms with Crippen LogP contribution in [0.2, 0.25) is 0 Å². The Morgan fingerprint density at radius 2 is 2.09 bits per heavy atom. The summed E-state index contributed by atoms with van der Waals surface area (Å²) in [6, 6.07) is 4.93. The Bertz CT molecular complexity index is 596. The average Bonchev–Trinajstić information content (AvgIpc) is 2.91. The molecule has 1 aliphatic rings. The van der Waals surface area contributed by atoms with Gasteiger partial charge in [-0.15, -0.1) is 0 Å². The SMILES string of the molecule is COC(=O)c1cc(C)ccc1OC(=O)CCN1CCCC1=O. The summed E-state index contributed by atoms with van der Waals surface area (Å²) in [4.78, 5) is 36.8. The largest absolute Gasteiger partial charge is 0.465 e. The molecule has 0 bridgehead atoms. The van der Waals surface area contributed by atoms with Crippen molar-refractivity contribution < 1.29 is 23.9 Å². The van der Waals surface area contributed by atoms with Crippen molar-refractivity contribution in [3.63, 3.8) is 0 Å². The van der Waals surface area contributed by atoms with Crippen molar-refractivity contribution in [3.8, 4) is 5.75 Å². The van der Waals surface area contributed by atoms with Gasteiger partial charge in [0.15, 0.2) is 0 Å². The van der Waals surface area contributed by atoms with Crippen LogP contribution in [-0.4, -0.2) is 42.9 Å². The van der Waals surface area contributed by atoms with Crippen molar-refractivity contribution in [1.29, 1.82) is 0 Å². The molecule has 1 fully saturated rings. The molecule has 2 rings (SSSR count). The van der Waals surface area contributed by atoms with E-state index in [0.29, 0.717) is 19.5 Å². The zero-order chi connectivity index (χ0) is 16.1. The number of hydrogen-bond acceptors (Lipinski definition) is 5. The summed E-state index contributed by atoms with van der Waals surface area (Å²) in [5.74, 6) is -0.788. The second-order valence-corrected chi connectivity index (χ2v) is 5.20. The van der Waals surface area contributed by atoms with Gasteiger partial charge in [-0.3, -0.25) is 9.59 Å². The number of amides is 1. The number of nitrogens with zero attached hydrogens (tertiary/aromatic N) is 1. The van der Waals surface area contributed by atoms with Crippen LogP contribution in [0.4, 0.5) is 0 Å². The van der Waals surface area contributed by atoms with Crippen LogP contribution in [0.15, 0.2) is 18.2 Å². The third-order valence-electron chi connectivity index (χ3n) is 3.52. The molecule has 1 aromatic rings. The molecule has 0 aliphatic carbocycles. The Labute approximate surface area is 129 Å². The summed E-state index contributed by atoms with van der Waals surface area (Å²) in [6.07, 6.45) is 1.47. The van der Waals surface area contributed by atoms with E-state index in [2.05, 4.69) is 4.74 Å². The first kappa shape index (κ1) is 16.0. The van der Waals surface area contributed by atoms with Crippen LogP contribution >= 0.6 is 0 Å².